The lowest BCUT2D eigenvalue weighted by atomic mass is 10.1. The summed E-state index contributed by atoms with van der Waals surface area (Å²) in [5.41, 5.74) is 1.43. The van der Waals surface area contributed by atoms with Crippen molar-refractivity contribution < 1.29 is 17.9 Å². The van der Waals surface area contributed by atoms with Gasteiger partial charge in [0, 0.05) is 13.6 Å². The van der Waals surface area contributed by atoms with Crippen molar-refractivity contribution in [2.45, 2.75) is 32.9 Å². The Morgan fingerprint density at radius 3 is 2.14 bits per heavy atom. The van der Waals surface area contributed by atoms with Gasteiger partial charge in [-0.05, 0) is 43.2 Å². The SMILES string of the molecule is CCOc1ccc(N([C@@H](CC)C(=O)N(C)Cc2ccccc2)S(C)(=O)=O)cc1. The molecular weight excluding hydrogens is 376 g/mol. The monoisotopic (exact) mass is 404 g/mol. The van der Waals surface area contributed by atoms with E-state index in [1.165, 1.54) is 4.31 Å². The lowest BCUT2D eigenvalue weighted by Gasteiger charge is -2.33. The van der Waals surface area contributed by atoms with Crippen LogP contribution in [0.15, 0.2) is 54.6 Å². The summed E-state index contributed by atoms with van der Waals surface area (Å²) in [5, 5.41) is 0. The average Bonchev–Trinajstić information content (AvgIpc) is 2.66. The van der Waals surface area contributed by atoms with Crippen LogP contribution in [0.5, 0.6) is 5.75 Å². The summed E-state index contributed by atoms with van der Waals surface area (Å²) in [6.45, 7) is 4.63. The first kappa shape index (κ1) is 21.8. The summed E-state index contributed by atoms with van der Waals surface area (Å²) in [6.07, 6.45) is 1.48. The molecule has 1 amide bonds. The Kier molecular flexibility index (Phi) is 7.45. The average molecular weight is 405 g/mol. The van der Waals surface area contributed by atoms with Crippen LogP contribution in [0.4, 0.5) is 5.69 Å². The molecule has 2 rings (SSSR count). The first-order valence-corrected chi connectivity index (χ1v) is 11.1. The number of likely N-dealkylation sites (N-methyl/N-ethyl adjacent to an activating group) is 1. The maximum absolute atomic E-state index is 13.1. The minimum Gasteiger partial charge on any atom is -0.494 e. The fourth-order valence-electron chi connectivity index (χ4n) is 3.09. The molecule has 28 heavy (non-hydrogen) atoms. The Hall–Kier alpha value is -2.54. The van der Waals surface area contributed by atoms with Gasteiger partial charge in [0.15, 0.2) is 0 Å². The normalized spacial score (nSPS) is 12.3. The summed E-state index contributed by atoms with van der Waals surface area (Å²) in [7, 11) is -1.97. The highest BCUT2D eigenvalue weighted by molar-refractivity contribution is 7.92. The van der Waals surface area contributed by atoms with Gasteiger partial charge in [0.2, 0.25) is 15.9 Å². The van der Waals surface area contributed by atoms with E-state index in [2.05, 4.69) is 0 Å². The third kappa shape index (κ3) is 5.48. The minimum atomic E-state index is -3.66. The smallest absolute Gasteiger partial charge is 0.246 e. The molecule has 0 N–H and O–H groups in total. The molecule has 0 aliphatic heterocycles. The predicted octanol–water partition coefficient (Wildman–Crippen LogP) is 3.29. The zero-order valence-electron chi connectivity index (χ0n) is 16.8. The van der Waals surface area contributed by atoms with Gasteiger partial charge in [-0.15, -0.1) is 0 Å². The van der Waals surface area contributed by atoms with Crippen molar-refractivity contribution in [1.29, 1.82) is 0 Å². The number of amides is 1. The summed E-state index contributed by atoms with van der Waals surface area (Å²) in [5.74, 6) is 0.408. The van der Waals surface area contributed by atoms with Crippen LogP contribution in [-0.4, -0.2) is 45.2 Å². The van der Waals surface area contributed by atoms with Crippen molar-refractivity contribution in [3.63, 3.8) is 0 Å². The largest absolute Gasteiger partial charge is 0.494 e. The highest BCUT2D eigenvalue weighted by atomic mass is 32.2. The van der Waals surface area contributed by atoms with Crippen molar-refractivity contribution >= 4 is 21.6 Å². The quantitative estimate of drug-likeness (QED) is 0.643. The molecule has 7 heteroatoms. The number of anilines is 1. The second-order valence-corrected chi connectivity index (χ2v) is 8.45. The van der Waals surface area contributed by atoms with Crippen LogP contribution >= 0.6 is 0 Å². The number of rotatable bonds is 9. The van der Waals surface area contributed by atoms with Gasteiger partial charge in [-0.25, -0.2) is 8.42 Å². The Morgan fingerprint density at radius 2 is 1.64 bits per heavy atom. The van der Waals surface area contributed by atoms with Crippen molar-refractivity contribution in [3.8, 4) is 5.75 Å². The third-order valence-corrected chi connectivity index (χ3v) is 5.53. The Balaban J connectivity index is 2.30. The molecule has 0 aliphatic carbocycles. The lowest BCUT2D eigenvalue weighted by Crippen LogP contribution is -2.49. The molecule has 0 aliphatic rings. The fraction of sp³-hybridized carbons (Fsp3) is 0.381. The molecule has 0 saturated heterocycles. The van der Waals surface area contributed by atoms with Crippen LogP contribution < -0.4 is 9.04 Å². The maximum Gasteiger partial charge on any atom is 0.246 e. The molecular formula is C21H28N2O4S. The highest BCUT2D eigenvalue weighted by Gasteiger charge is 2.33. The van der Waals surface area contributed by atoms with E-state index in [9.17, 15) is 13.2 Å². The summed E-state index contributed by atoms with van der Waals surface area (Å²) in [6, 6.07) is 15.5. The second-order valence-electron chi connectivity index (χ2n) is 6.59. The van der Waals surface area contributed by atoms with Crippen LogP contribution in [0, 0.1) is 0 Å². The van der Waals surface area contributed by atoms with Gasteiger partial charge in [-0.3, -0.25) is 9.10 Å². The van der Waals surface area contributed by atoms with Crippen LogP contribution in [0.3, 0.4) is 0 Å². The molecule has 0 radical (unpaired) electrons. The first-order chi connectivity index (χ1) is 13.3. The number of carbonyl (C=O) groups excluding carboxylic acids is 1. The lowest BCUT2D eigenvalue weighted by molar-refractivity contribution is -0.131. The number of benzene rings is 2. The van der Waals surface area contributed by atoms with Gasteiger partial charge >= 0.3 is 0 Å². The van der Waals surface area contributed by atoms with E-state index < -0.39 is 16.1 Å². The van der Waals surface area contributed by atoms with Crippen LogP contribution in [0.1, 0.15) is 25.8 Å². The van der Waals surface area contributed by atoms with Gasteiger partial charge in [0.25, 0.3) is 0 Å². The highest BCUT2D eigenvalue weighted by Crippen LogP contribution is 2.26. The van der Waals surface area contributed by atoms with Crippen LogP contribution in [0.2, 0.25) is 0 Å². The summed E-state index contributed by atoms with van der Waals surface area (Å²) in [4.78, 5) is 14.7. The van der Waals surface area contributed by atoms with E-state index in [1.807, 2.05) is 44.2 Å². The number of carbonyl (C=O) groups is 1. The van der Waals surface area contributed by atoms with E-state index in [4.69, 9.17) is 4.74 Å². The fourth-order valence-corrected chi connectivity index (χ4v) is 4.30. The van der Waals surface area contributed by atoms with Crippen molar-refractivity contribution in [3.05, 3.63) is 60.2 Å². The molecule has 1 atom stereocenters. The first-order valence-electron chi connectivity index (χ1n) is 9.29. The number of hydrogen-bond acceptors (Lipinski definition) is 4. The van der Waals surface area contributed by atoms with Crippen LogP contribution in [-0.2, 0) is 21.4 Å². The summed E-state index contributed by atoms with van der Waals surface area (Å²) >= 11 is 0. The molecule has 152 valence electrons. The van der Waals surface area contributed by atoms with Gasteiger partial charge in [0.05, 0.1) is 18.6 Å². The molecule has 0 bridgehead atoms. The second kappa shape index (κ2) is 9.59. The van der Waals surface area contributed by atoms with Crippen molar-refractivity contribution in [1.82, 2.24) is 4.90 Å². The predicted molar refractivity (Wildman–Crippen MR) is 112 cm³/mol. The Morgan fingerprint density at radius 1 is 1.04 bits per heavy atom. The molecule has 2 aromatic carbocycles. The van der Waals surface area contributed by atoms with E-state index in [-0.39, 0.29) is 5.91 Å². The zero-order chi connectivity index (χ0) is 20.7. The molecule has 0 aromatic heterocycles. The van der Waals surface area contributed by atoms with E-state index in [0.29, 0.717) is 31.0 Å². The van der Waals surface area contributed by atoms with E-state index in [0.717, 1.165) is 11.8 Å². The number of sulfonamides is 1. The molecule has 0 fully saturated rings. The van der Waals surface area contributed by atoms with Gasteiger partial charge in [0.1, 0.15) is 11.8 Å². The minimum absolute atomic E-state index is 0.245. The number of hydrogen-bond donors (Lipinski definition) is 0. The summed E-state index contributed by atoms with van der Waals surface area (Å²) < 4.78 is 31.7. The van der Waals surface area contributed by atoms with Crippen molar-refractivity contribution in [2.75, 3.05) is 24.2 Å². The third-order valence-electron chi connectivity index (χ3n) is 4.35. The molecule has 0 spiro atoms. The van der Waals surface area contributed by atoms with Crippen LogP contribution in [0.25, 0.3) is 0 Å². The molecule has 6 nitrogen and oxygen atoms in total. The standard InChI is InChI=1S/C21H28N2O4S/c1-5-20(21(24)22(3)16-17-10-8-7-9-11-17)23(28(4,25)26)18-12-14-19(15-13-18)27-6-2/h7-15,20H,5-6,16H2,1-4H3/t20-/m0/s1. The van der Waals surface area contributed by atoms with E-state index in [1.54, 1.807) is 36.2 Å². The Bertz CT molecular complexity index is 867. The maximum atomic E-state index is 13.1. The zero-order valence-corrected chi connectivity index (χ0v) is 17.6. The topological polar surface area (TPSA) is 66.9 Å². The van der Waals surface area contributed by atoms with Crippen molar-refractivity contribution in [2.24, 2.45) is 0 Å². The van der Waals surface area contributed by atoms with Gasteiger partial charge in [-0.2, -0.15) is 0 Å². The number of nitrogens with zero attached hydrogens (tertiary/aromatic N) is 2. The van der Waals surface area contributed by atoms with Gasteiger partial charge in [-0.1, -0.05) is 37.3 Å². The number of ether oxygens (including phenoxy) is 1. The molecule has 2 aromatic rings. The molecule has 0 unspecified atom stereocenters. The molecule has 0 heterocycles. The van der Waals surface area contributed by atoms with Gasteiger partial charge < -0.3 is 9.64 Å². The van der Waals surface area contributed by atoms with E-state index >= 15 is 0 Å². The molecule has 0 saturated carbocycles. The Labute approximate surface area is 167 Å².